The van der Waals surface area contributed by atoms with Crippen molar-refractivity contribution in [1.82, 2.24) is 4.90 Å². The first-order valence-corrected chi connectivity index (χ1v) is 20.4. The van der Waals surface area contributed by atoms with Gasteiger partial charge in [-0.2, -0.15) is 0 Å². The molecule has 2 N–H and O–H groups in total. The van der Waals surface area contributed by atoms with Crippen LogP contribution in [0, 0.1) is 33.8 Å². The smallest absolute Gasteiger partial charge is 0.273 e. The summed E-state index contributed by atoms with van der Waals surface area (Å²) in [7, 11) is 0. The number of unbranched alkanes of at least 4 members (excludes halogenated alkanes) is 2. The minimum absolute atomic E-state index is 0.0326. The Bertz CT molecular complexity index is 1780. The van der Waals surface area contributed by atoms with Gasteiger partial charge in [0.25, 0.3) is 5.69 Å². The lowest BCUT2D eigenvalue weighted by molar-refractivity contribution is -0.384. The number of oxime groups is 1. The number of aliphatic hydroxyl groups is 2. The molecule has 0 bridgehead atoms. The molecule has 0 radical (unpaired) electrons. The van der Waals surface area contributed by atoms with Crippen molar-refractivity contribution >= 4 is 17.3 Å². The number of non-ortho nitro benzene ring substituents is 1. The zero-order valence-corrected chi connectivity index (χ0v) is 33.4. The summed E-state index contributed by atoms with van der Waals surface area (Å²) in [5.74, 6) is -0.284. The van der Waals surface area contributed by atoms with E-state index in [1.165, 1.54) is 12.1 Å². The highest BCUT2D eigenvalue weighted by atomic mass is 16.7. The van der Waals surface area contributed by atoms with E-state index in [1.54, 1.807) is 24.3 Å². The zero-order chi connectivity index (χ0) is 40.0. The topological polar surface area (TPSA) is 153 Å². The number of hydrogen-bond acceptors (Lipinski definition) is 10. The Morgan fingerprint density at radius 1 is 1.09 bits per heavy atom. The zero-order valence-electron chi connectivity index (χ0n) is 33.4. The lowest BCUT2D eigenvalue weighted by Crippen LogP contribution is -2.70. The number of amides is 1. The lowest BCUT2D eigenvalue weighted by Gasteiger charge is -2.60. The molecule has 56 heavy (non-hydrogen) atoms. The third-order valence-corrected chi connectivity index (χ3v) is 11.4. The van der Waals surface area contributed by atoms with E-state index in [4.69, 9.17) is 24.2 Å². The summed E-state index contributed by atoms with van der Waals surface area (Å²) in [4.78, 5) is 33.7. The van der Waals surface area contributed by atoms with Crippen molar-refractivity contribution in [2.75, 3.05) is 26.4 Å². The van der Waals surface area contributed by atoms with Crippen molar-refractivity contribution in [3.05, 3.63) is 82.4 Å². The van der Waals surface area contributed by atoms with Crippen LogP contribution < -0.4 is 9.47 Å². The highest BCUT2D eigenvalue weighted by molar-refractivity contribution is 6.03. The Labute approximate surface area is 330 Å². The number of nitrogens with zero attached hydrogens (tertiary/aromatic N) is 3. The molecule has 1 amide bonds. The van der Waals surface area contributed by atoms with E-state index >= 15 is 0 Å². The van der Waals surface area contributed by atoms with Crippen LogP contribution in [0.15, 0.2) is 71.9 Å². The molecule has 304 valence electrons. The summed E-state index contributed by atoms with van der Waals surface area (Å²) in [5.41, 5.74) is 2.01. The summed E-state index contributed by atoms with van der Waals surface area (Å²) in [5, 5.41) is 36.2. The van der Waals surface area contributed by atoms with Crippen LogP contribution in [0.5, 0.6) is 17.2 Å². The summed E-state index contributed by atoms with van der Waals surface area (Å²) < 4.78 is 20.6. The van der Waals surface area contributed by atoms with E-state index in [0.29, 0.717) is 43.1 Å². The molecule has 1 heterocycles. The van der Waals surface area contributed by atoms with Gasteiger partial charge < -0.3 is 34.2 Å². The van der Waals surface area contributed by atoms with Gasteiger partial charge >= 0.3 is 0 Å². The second-order valence-electron chi connectivity index (χ2n) is 16.6. The van der Waals surface area contributed by atoms with E-state index < -0.39 is 28.3 Å². The van der Waals surface area contributed by atoms with Gasteiger partial charge in [-0.1, -0.05) is 43.1 Å². The number of nitro benzene ring substituents is 1. The maximum absolute atomic E-state index is 14.3. The van der Waals surface area contributed by atoms with E-state index in [9.17, 15) is 25.1 Å². The van der Waals surface area contributed by atoms with Crippen molar-refractivity contribution in [1.29, 1.82) is 0 Å². The SMILES string of the molecule is C=CCO[C@@]12Oc3ccc(Oc4cccc([N+](=O)[O-])c4)cc3[C@H]3[C@H](CCCCO)[C@@H](CCCCO)C=C(C(=NOC(C)(C)C)C[C@@H]1N(CCC)C(=O)C1CC1)[C@H]32. The molecule has 2 saturated carbocycles. The highest BCUT2D eigenvalue weighted by Gasteiger charge is 2.65. The Morgan fingerprint density at radius 3 is 2.48 bits per heavy atom. The van der Waals surface area contributed by atoms with Gasteiger partial charge in [0.2, 0.25) is 11.7 Å². The first kappa shape index (κ1) is 41.4. The van der Waals surface area contributed by atoms with E-state index in [-0.39, 0.29) is 55.1 Å². The van der Waals surface area contributed by atoms with Crippen molar-refractivity contribution in [2.24, 2.45) is 28.8 Å². The summed E-state index contributed by atoms with van der Waals surface area (Å²) in [6.07, 6.45) is 11.5. The Hall–Kier alpha value is -4.26. The van der Waals surface area contributed by atoms with Gasteiger partial charge in [0, 0.05) is 49.6 Å². The third kappa shape index (κ3) is 8.98. The number of ether oxygens (including phenoxy) is 3. The van der Waals surface area contributed by atoms with Gasteiger partial charge in [0.05, 0.1) is 29.2 Å². The van der Waals surface area contributed by atoms with Crippen LogP contribution in [-0.4, -0.2) is 75.5 Å². The molecule has 0 spiro atoms. The number of carbonyl (C=O) groups is 1. The molecule has 6 rings (SSSR count). The monoisotopic (exact) mass is 773 g/mol. The average molecular weight is 774 g/mol. The molecule has 12 heteroatoms. The Morgan fingerprint density at radius 2 is 1.82 bits per heavy atom. The third-order valence-electron chi connectivity index (χ3n) is 11.4. The molecule has 0 aromatic heterocycles. The van der Waals surface area contributed by atoms with E-state index in [1.807, 2.05) is 37.8 Å². The van der Waals surface area contributed by atoms with Crippen LogP contribution in [0.4, 0.5) is 5.69 Å². The van der Waals surface area contributed by atoms with Crippen LogP contribution in [0.1, 0.15) is 103 Å². The van der Waals surface area contributed by atoms with Gasteiger partial charge in [-0.3, -0.25) is 14.9 Å². The number of rotatable bonds is 19. The number of benzene rings is 2. The lowest BCUT2D eigenvalue weighted by atomic mass is 9.55. The summed E-state index contributed by atoms with van der Waals surface area (Å²) >= 11 is 0. The fraction of sp³-hybridized carbons (Fsp3) is 0.591. The van der Waals surface area contributed by atoms with Crippen LogP contribution in [0.2, 0.25) is 0 Å². The molecular formula is C44H59N3O9. The van der Waals surface area contributed by atoms with Gasteiger partial charge in [0.1, 0.15) is 28.9 Å². The number of hydrogen-bond donors (Lipinski definition) is 2. The first-order chi connectivity index (χ1) is 26.9. The maximum Gasteiger partial charge on any atom is 0.273 e. The van der Waals surface area contributed by atoms with E-state index in [0.717, 1.165) is 61.8 Å². The molecular weight excluding hydrogens is 714 g/mol. The molecule has 12 nitrogen and oxygen atoms in total. The average Bonchev–Trinajstić information content (AvgIpc) is 4.02. The van der Waals surface area contributed by atoms with E-state index in [2.05, 4.69) is 19.6 Å². The second kappa shape index (κ2) is 17.9. The second-order valence-corrected chi connectivity index (χ2v) is 16.6. The van der Waals surface area contributed by atoms with Crippen LogP contribution in [0.3, 0.4) is 0 Å². The largest absolute Gasteiger partial charge is 0.459 e. The standard InChI is InChI=1S/C44H59N3O9/c1-6-21-46(42(50)29-17-18-29)39-28-37(45-56-43(3,4)5)35-25-30(13-8-10-22-48)34(16-9-11-23-49)40-36-27-33(54-32-15-12-14-31(26-32)47(51)52)19-20-38(36)55-44(39,41(35)40)53-24-7-2/h7,12,14-15,19-20,25-27,29-30,34,39-41,48-49H,2,6,8-11,13,16-18,21-24,28H2,1,3-5H3/t30-,34+,39-,40+,41+,44+/m0/s1. The van der Waals surface area contributed by atoms with Crippen molar-refractivity contribution in [3.8, 4) is 17.2 Å². The minimum atomic E-state index is -1.31. The minimum Gasteiger partial charge on any atom is -0.459 e. The molecule has 0 unspecified atom stereocenters. The highest BCUT2D eigenvalue weighted by Crippen LogP contribution is 2.62. The number of nitro groups is 1. The predicted molar refractivity (Wildman–Crippen MR) is 214 cm³/mol. The maximum atomic E-state index is 14.3. The van der Waals surface area contributed by atoms with Crippen LogP contribution in [0.25, 0.3) is 0 Å². The van der Waals surface area contributed by atoms with Gasteiger partial charge in [-0.05, 0) is 107 Å². The van der Waals surface area contributed by atoms with Crippen LogP contribution >= 0.6 is 0 Å². The fourth-order valence-corrected chi connectivity index (χ4v) is 8.93. The predicted octanol–water partition coefficient (Wildman–Crippen LogP) is 8.47. The normalized spacial score (nSPS) is 26.0. The van der Waals surface area contributed by atoms with Crippen molar-refractivity contribution < 1.29 is 39.0 Å². The van der Waals surface area contributed by atoms with Crippen molar-refractivity contribution in [2.45, 2.75) is 115 Å². The van der Waals surface area contributed by atoms with Gasteiger partial charge in [-0.15, -0.1) is 6.58 Å². The molecule has 2 aromatic carbocycles. The van der Waals surface area contributed by atoms with Crippen molar-refractivity contribution in [3.63, 3.8) is 0 Å². The number of carbonyl (C=O) groups excluding carboxylic acids is 1. The molecule has 2 aromatic rings. The summed E-state index contributed by atoms with van der Waals surface area (Å²) in [6.45, 7) is 12.9. The Kier molecular flexibility index (Phi) is 13.2. The number of aliphatic hydroxyl groups excluding tert-OH is 2. The number of allylic oxidation sites excluding steroid dienone is 1. The number of fused-ring (bicyclic) bond motifs is 2. The summed E-state index contributed by atoms with van der Waals surface area (Å²) in [6, 6.07) is 11.3. The van der Waals surface area contributed by atoms with Gasteiger partial charge in [0.15, 0.2) is 0 Å². The van der Waals surface area contributed by atoms with Gasteiger partial charge in [-0.25, -0.2) is 0 Å². The van der Waals surface area contributed by atoms with Crippen LogP contribution in [-0.2, 0) is 14.4 Å². The first-order valence-electron chi connectivity index (χ1n) is 20.4. The Balaban J connectivity index is 1.59. The molecule has 2 fully saturated rings. The fourth-order valence-electron chi connectivity index (χ4n) is 8.93. The molecule has 6 atom stereocenters. The molecule has 1 aliphatic heterocycles. The molecule has 4 aliphatic rings. The molecule has 0 saturated heterocycles. The quantitative estimate of drug-likeness (QED) is 0.0620. The molecule has 3 aliphatic carbocycles.